The van der Waals surface area contributed by atoms with Crippen LogP contribution >= 0.6 is 11.6 Å². The summed E-state index contributed by atoms with van der Waals surface area (Å²) in [6, 6.07) is 0.191. The number of rotatable bonds is 5. The minimum atomic E-state index is -3.24. The van der Waals surface area contributed by atoms with Crippen molar-refractivity contribution in [2.24, 2.45) is 5.92 Å². The van der Waals surface area contributed by atoms with Crippen LogP contribution in [0.2, 0.25) is 0 Å². The number of hydrogen-bond acceptors (Lipinski definition) is 2. The molecular weight excluding hydrogens is 234 g/mol. The summed E-state index contributed by atoms with van der Waals surface area (Å²) < 4.78 is 25.3. The Morgan fingerprint density at radius 2 is 1.87 bits per heavy atom. The van der Waals surface area contributed by atoms with E-state index in [2.05, 4.69) is 0 Å². The largest absolute Gasteiger partial charge is 0.228 e. The fraction of sp³-hybridized carbons (Fsp3) is 1.00. The Balaban J connectivity index is 2.77. The highest BCUT2D eigenvalue weighted by molar-refractivity contribution is 7.90. The first-order valence-electron chi connectivity index (χ1n) is 5.53. The number of sulfonamides is 1. The van der Waals surface area contributed by atoms with E-state index in [0.717, 1.165) is 25.7 Å². The summed E-state index contributed by atoms with van der Waals surface area (Å²) >= 11 is 5.52. The van der Waals surface area contributed by atoms with Crippen molar-refractivity contribution < 1.29 is 8.42 Å². The lowest BCUT2D eigenvalue weighted by Gasteiger charge is -2.28. The Morgan fingerprint density at radius 3 is 2.27 bits per heavy atom. The number of alkyl halides is 1. The molecule has 1 aliphatic rings. The number of hydrogen-bond donors (Lipinski definition) is 0. The van der Waals surface area contributed by atoms with Gasteiger partial charge in [-0.15, -0.1) is 11.6 Å². The third kappa shape index (κ3) is 3.61. The van der Waals surface area contributed by atoms with Gasteiger partial charge in [0, 0.05) is 12.6 Å². The zero-order valence-corrected chi connectivity index (χ0v) is 11.0. The van der Waals surface area contributed by atoms with Crippen LogP contribution < -0.4 is 0 Å². The molecule has 15 heavy (non-hydrogen) atoms. The van der Waals surface area contributed by atoms with Gasteiger partial charge in [0.15, 0.2) is 0 Å². The van der Waals surface area contributed by atoms with Crippen LogP contribution in [0, 0.1) is 5.92 Å². The highest BCUT2D eigenvalue weighted by Gasteiger charge is 2.31. The molecular formula is C10H20ClNO2S. The average molecular weight is 254 g/mol. The molecule has 0 unspecified atom stereocenters. The van der Waals surface area contributed by atoms with Crippen molar-refractivity contribution in [3.8, 4) is 0 Å². The highest BCUT2D eigenvalue weighted by atomic mass is 35.5. The van der Waals surface area contributed by atoms with E-state index in [9.17, 15) is 8.42 Å². The standard InChI is InChI=1S/C10H20ClNO2S/c1-9(2)7-12(15(13,14)8-11)10-5-3-4-6-10/h9-10H,3-8H2,1-2H3. The van der Waals surface area contributed by atoms with Crippen LogP contribution in [0.3, 0.4) is 0 Å². The summed E-state index contributed by atoms with van der Waals surface area (Å²) in [4.78, 5) is 0. The van der Waals surface area contributed by atoms with E-state index in [1.807, 2.05) is 13.8 Å². The van der Waals surface area contributed by atoms with Gasteiger partial charge in [-0.25, -0.2) is 8.42 Å². The van der Waals surface area contributed by atoms with Gasteiger partial charge >= 0.3 is 0 Å². The molecule has 3 nitrogen and oxygen atoms in total. The molecule has 0 aromatic heterocycles. The molecule has 1 saturated carbocycles. The normalized spacial score (nSPS) is 19.3. The third-order valence-electron chi connectivity index (χ3n) is 2.77. The predicted octanol–water partition coefficient (Wildman–Crippen LogP) is 2.41. The van der Waals surface area contributed by atoms with Crippen molar-refractivity contribution in [3.05, 3.63) is 0 Å². The van der Waals surface area contributed by atoms with E-state index in [1.54, 1.807) is 4.31 Å². The predicted molar refractivity (Wildman–Crippen MR) is 63.4 cm³/mol. The van der Waals surface area contributed by atoms with Crippen LogP contribution in [0.4, 0.5) is 0 Å². The van der Waals surface area contributed by atoms with E-state index >= 15 is 0 Å². The fourth-order valence-electron chi connectivity index (χ4n) is 2.10. The molecule has 5 heteroatoms. The first kappa shape index (κ1) is 13.3. The smallest absolute Gasteiger partial charge is 0.211 e. The second kappa shape index (κ2) is 5.51. The summed E-state index contributed by atoms with van der Waals surface area (Å²) in [6.07, 6.45) is 4.25. The molecule has 0 aromatic carbocycles. The Kier molecular flexibility index (Phi) is 4.87. The monoisotopic (exact) mass is 253 g/mol. The van der Waals surface area contributed by atoms with Crippen LogP contribution in [0.1, 0.15) is 39.5 Å². The van der Waals surface area contributed by atoms with Crippen molar-refractivity contribution in [3.63, 3.8) is 0 Å². The molecule has 0 N–H and O–H groups in total. The minimum Gasteiger partial charge on any atom is -0.211 e. The Morgan fingerprint density at radius 1 is 1.33 bits per heavy atom. The second-order valence-electron chi connectivity index (χ2n) is 4.62. The fourth-order valence-corrected chi connectivity index (χ4v) is 3.80. The molecule has 1 rings (SSSR count). The van der Waals surface area contributed by atoms with E-state index in [1.165, 1.54) is 0 Å². The zero-order valence-electron chi connectivity index (χ0n) is 9.45. The molecule has 0 spiro atoms. The average Bonchev–Trinajstić information content (AvgIpc) is 2.66. The van der Waals surface area contributed by atoms with Crippen molar-refractivity contribution in [1.29, 1.82) is 0 Å². The molecule has 0 aliphatic heterocycles. The van der Waals surface area contributed by atoms with Crippen LogP contribution in [0.25, 0.3) is 0 Å². The lowest BCUT2D eigenvalue weighted by atomic mass is 10.2. The summed E-state index contributed by atoms with van der Waals surface area (Å²) in [5, 5.41) is -0.295. The van der Waals surface area contributed by atoms with Gasteiger partial charge in [-0.3, -0.25) is 0 Å². The molecule has 1 fully saturated rings. The van der Waals surface area contributed by atoms with Gasteiger partial charge in [-0.05, 0) is 18.8 Å². The van der Waals surface area contributed by atoms with Gasteiger partial charge in [-0.1, -0.05) is 26.7 Å². The first-order valence-corrected chi connectivity index (χ1v) is 7.67. The number of nitrogens with zero attached hydrogens (tertiary/aromatic N) is 1. The van der Waals surface area contributed by atoms with E-state index in [0.29, 0.717) is 12.5 Å². The quantitative estimate of drug-likeness (QED) is 0.706. The summed E-state index contributed by atoms with van der Waals surface area (Å²) in [5.74, 6) is 0.351. The molecule has 0 atom stereocenters. The summed E-state index contributed by atoms with van der Waals surface area (Å²) in [5.41, 5.74) is 0. The maximum absolute atomic E-state index is 11.8. The van der Waals surface area contributed by atoms with Crippen molar-refractivity contribution in [2.45, 2.75) is 45.6 Å². The number of halogens is 1. The lowest BCUT2D eigenvalue weighted by Crippen LogP contribution is -2.41. The summed E-state index contributed by atoms with van der Waals surface area (Å²) in [7, 11) is -3.24. The third-order valence-corrected chi connectivity index (χ3v) is 5.04. The Bertz CT molecular complexity index is 284. The summed E-state index contributed by atoms with van der Waals surface area (Å²) in [6.45, 7) is 4.66. The van der Waals surface area contributed by atoms with Crippen LogP contribution in [0.5, 0.6) is 0 Å². The molecule has 0 aromatic rings. The Hall–Kier alpha value is 0.200. The minimum absolute atomic E-state index is 0.191. The molecule has 90 valence electrons. The van der Waals surface area contributed by atoms with Crippen molar-refractivity contribution >= 4 is 21.6 Å². The molecule has 0 saturated heterocycles. The van der Waals surface area contributed by atoms with Gasteiger partial charge in [0.2, 0.25) is 10.0 Å². The van der Waals surface area contributed by atoms with E-state index in [4.69, 9.17) is 11.6 Å². The van der Waals surface area contributed by atoms with E-state index in [-0.39, 0.29) is 11.3 Å². The van der Waals surface area contributed by atoms with Gasteiger partial charge in [0.05, 0.1) is 0 Å². The van der Waals surface area contributed by atoms with Gasteiger partial charge < -0.3 is 0 Å². The molecule has 0 heterocycles. The first-order chi connectivity index (χ1) is 6.97. The van der Waals surface area contributed by atoms with Gasteiger partial charge in [0.25, 0.3) is 0 Å². The van der Waals surface area contributed by atoms with Crippen molar-refractivity contribution in [2.75, 3.05) is 11.8 Å². The Labute approximate surface area is 97.8 Å². The highest BCUT2D eigenvalue weighted by Crippen LogP contribution is 2.26. The molecule has 0 radical (unpaired) electrons. The van der Waals surface area contributed by atoms with Gasteiger partial charge in [0.1, 0.15) is 5.21 Å². The SMILES string of the molecule is CC(C)CN(C1CCCC1)S(=O)(=O)CCl. The molecule has 1 aliphatic carbocycles. The molecule has 0 bridgehead atoms. The maximum atomic E-state index is 11.8. The molecule has 0 amide bonds. The van der Waals surface area contributed by atoms with E-state index < -0.39 is 10.0 Å². The lowest BCUT2D eigenvalue weighted by molar-refractivity contribution is 0.294. The van der Waals surface area contributed by atoms with Gasteiger partial charge in [-0.2, -0.15) is 4.31 Å². The van der Waals surface area contributed by atoms with Crippen LogP contribution in [-0.2, 0) is 10.0 Å². The maximum Gasteiger partial charge on any atom is 0.228 e. The second-order valence-corrected chi connectivity index (χ2v) is 7.13. The van der Waals surface area contributed by atoms with Crippen molar-refractivity contribution in [1.82, 2.24) is 4.31 Å². The topological polar surface area (TPSA) is 37.4 Å². The zero-order chi connectivity index (χ0) is 11.5. The van der Waals surface area contributed by atoms with Crippen LogP contribution in [0.15, 0.2) is 0 Å². The van der Waals surface area contributed by atoms with Crippen LogP contribution in [-0.4, -0.2) is 30.5 Å².